The van der Waals surface area contributed by atoms with Crippen LogP contribution in [0.5, 0.6) is 0 Å². The lowest BCUT2D eigenvalue weighted by atomic mass is 9.90. The third-order valence-electron chi connectivity index (χ3n) is 3.64. The largest absolute Gasteiger partial charge is 0.475 e. The number of fused-ring (bicyclic) bond motifs is 1. The number of carboxylic acid groups (broad SMARTS) is 1. The van der Waals surface area contributed by atoms with Gasteiger partial charge in [0, 0.05) is 11.3 Å². The zero-order chi connectivity index (χ0) is 15.0. The molecule has 3 aromatic rings. The predicted octanol–water partition coefficient (Wildman–Crippen LogP) is 4.42. The lowest BCUT2D eigenvalue weighted by molar-refractivity contribution is 0.0665. The number of carboxylic acids is 1. The van der Waals surface area contributed by atoms with Gasteiger partial charge in [0.2, 0.25) is 5.76 Å². The molecule has 0 bridgehead atoms. The second-order valence-electron chi connectivity index (χ2n) is 4.92. The lowest BCUT2D eigenvalue weighted by Gasteiger charge is -2.14. The van der Waals surface area contributed by atoms with Crippen molar-refractivity contribution in [3.05, 3.63) is 71.2 Å². The molecule has 1 N–H and O–H groups in total. The summed E-state index contributed by atoms with van der Waals surface area (Å²) >= 11 is 0. The van der Waals surface area contributed by atoms with E-state index in [-0.39, 0.29) is 17.5 Å². The van der Waals surface area contributed by atoms with Crippen molar-refractivity contribution < 1.29 is 18.7 Å². The van der Waals surface area contributed by atoms with Gasteiger partial charge in [-0.2, -0.15) is 0 Å². The van der Waals surface area contributed by atoms with Gasteiger partial charge in [0.15, 0.2) is 0 Å². The Balaban J connectivity index is 2.16. The maximum absolute atomic E-state index is 13.9. The summed E-state index contributed by atoms with van der Waals surface area (Å²) in [5.41, 5.74) is 1.91. The monoisotopic (exact) mass is 284 g/mol. The molecule has 21 heavy (non-hydrogen) atoms. The van der Waals surface area contributed by atoms with E-state index in [0.29, 0.717) is 16.5 Å². The van der Waals surface area contributed by atoms with Crippen LogP contribution in [0, 0.1) is 5.82 Å². The Hall–Kier alpha value is -2.62. The smallest absolute Gasteiger partial charge is 0.371 e. The molecular formula is C17H13FO3. The van der Waals surface area contributed by atoms with Gasteiger partial charge in [0.1, 0.15) is 11.4 Å². The summed E-state index contributed by atoms with van der Waals surface area (Å²) in [4.78, 5) is 11.0. The Morgan fingerprint density at radius 2 is 1.86 bits per heavy atom. The van der Waals surface area contributed by atoms with E-state index in [0.717, 1.165) is 5.56 Å². The van der Waals surface area contributed by atoms with Gasteiger partial charge in [-0.15, -0.1) is 0 Å². The first-order valence-electron chi connectivity index (χ1n) is 6.58. The van der Waals surface area contributed by atoms with Crippen LogP contribution in [0.2, 0.25) is 0 Å². The Labute approximate surface area is 120 Å². The van der Waals surface area contributed by atoms with Crippen molar-refractivity contribution in [2.45, 2.75) is 12.8 Å². The van der Waals surface area contributed by atoms with Gasteiger partial charge in [-0.3, -0.25) is 0 Å². The topological polar surface area (TPSA) is 50.4 Å². The Kier molecular flexibility index (Phi) is 3.22. The molecule has 3 rings (SSSR count). The summed E-state index contributed by atoms with van der Waals surface area (Å²) in [5.74, 6) is -1.70. The first-order chi connectivity index (χ1) is 10.1. The maximum atomic E-state index is 13.9. The second-order valence-corrected chi connectivity index (χ2v) is 4.92. The van der Waals surface area contributed by atoms with Gasteiger partial charge in [-0.1, -0.05) is 37.3 Å². The molecule has 0 saturated heterocycles. The van der Waals surface area contributed by atoms with Crippen molar-refractivity contribution in [3.8, 4) is 0 Å². The van der Waals surface area contributed by atoms with Crippen LogP contribution in [-0.2, 0) is 0 Å². The van der Waals surface area contributed by atoms with E-state index in [4.69, 9.17) is 9.52 Å². The van der Waals surface area contributed by atoms with Crippen LogP contribution in [0.15, 0.2) is 52.9 Å². The van der Waals surface area contributed by atoms with Crippen LogP contribution in [0.25, 0.3) is 11.0 Å². The molecule has 0 aliphatic rings. The lowest BCUT2D eigenvalue weighted by Crippen LogP contribution is -1.99. The molecule has 1 unspecified atom stereocenters. The highest BCUT2D eigenvalue weighted by Gasteiger charge is 2.18. The van der Waals surface area contributed by atoms with Gasteiger partial charge in [-0.25, -0.2) is 9.18 Å². The average Bonchev–Trinajstić information content (AvgIpc) is 2.91. The van der Waals surface area contributed by atoms with Crippen molar-refractivity contribution in [2.75, 3.05) is 0 Å². The number of rotatable bonds is 3. The van der Waals surface area contributed by atoms with Gasteiger partial charge < -0.3 is 9.52 Å². The van der Waals surface area contributed by atoms with Gasteiger partial charge in [0.05, 0.1) is 0 Å². The molecule has 0 spiro atoms. The number of carbonyl (C=O) groups is 1. The summed E-state index contributed by atoms with van der Waals surface area (Å²) in [7, 11) is 0. The quantitative estimate of drug-likeness (QED) is 0.774. The molecule has 1 heterocycles. The molecule has 2 aromatic carbocycles. The van der Waals surface area contributed by atoms with Crippen molar-refractivity contribution in [1.82, 2.24) is 0 Å². The first-order valence-corrected chi connectivity index (χ1v) is 6.58. The molecule has 4 heteroatoms. The van der Waals surface area contributed by atoms with E-state index in [2.05, 4.69) is 0 Å². The van der Waals surface area contributed by atoms with E-state index in [9.17, 15) is 9.18 Å². The highest BCUT2D eigenvalue weighted by Crippen LogP contribution is 2.33. The molecular weight excluding hydrogens is 271 g/mol. The van der Waals surface area contributed by atoms with Crippen molar-refractivity contribution in [3.63, 3.8) is 0 Å². The molecule has 0 saturated carbocycles. The Morgan fingerprint density at radius 3 is 2.57 bits per heavy atom. The summed E-state index contributed by atoms with van der Waals surface area (Å²) in [6.07, 6.45) is 0. The molecule has 0 aliphatic carbocycles. The second kappa shape index (κ2) is 5.05. The average molecular weight is 284 g/mol. The van der Waals surface area contributed by atoms with E-state index >= 15 is 0 Å². The van der Waals surface area contributed by atoms with Crippen LogP contribution in [0.1, 0.15) is 34.5 Å². The molecule has 106 valence electrons. The SMILES string of the molecule is CC(c1ccccc1F)c1cccc2oc(C(=O)O)cc12. The fourth-order valence-electron chi connectivity index (χ4n) is 2.56. The minimum absolute atomic E-state index is 0.113. The van der Waals surface area contributed by atoms with Gasteiger partial charge in [0.25, 0.3) is 0 Å². The Morgan fingerprint density at radius 1 is 1.14 bits per heavy atom. The normalized spacial score (nSPS) is 12.5. The minimum Gasteiger partial charge on any atom is -0.475 e. The molecule has 1 aromatic heterocycles. The van der Waals surface area contributed by atoms with Crippen LogP contribution in [0.4, 0.5) is 4.39 Å². The van der Waals surface area contributed by atoms with E-state index < -0.39 is 5.97 Å². The van der Waals surface area contributed by atoms with Crippen LogP contribution in [0.3, 0.4) is 0 Å². The van der Waals surface area contributed by atoms with Crippen LogP contribution < -0.4 is 0 Å². The number of hydrogen-bond acceptors (Lipinski definition) is 2. The van der Waals surface area contributed by atoms with E-state index in [1.807, 2.05) is 13.0 Å². The van der Waals surface area contributed by atoms with E-state index in [1.54, 1.807) is 30.3 Å². The number of furan rings is 1. The third kappa shape index (κ3) is 2.29. The first kappa shape index (κ1) is 13.4. The standard InChI is InChI=1S/C17H13FO3/c1-10(12-5-2-3-7-14(12)18)11-6-4-8-15-13(11)9-16(21-15)17(19)20/h2-10H,1H3,(H,19,20). The fourth-order valence-corrected chi connectivity index (χ4v) is 2.56. The molecule has 3 nitrogen and oxygen atoms in total. The third-order valence-corrected chi connectivity index (χ3v) is 3.64. The minimum atomic E-state index is -1.12. The zero-order valence-electron chi connectivity index (χ0n) is 11.3. The number of benzene rings is 2. The van der Waals surface area contributed by atoms with Gasteiger partial charge in [-0.05, 0) is 29.3 Å². The summed E-state index contributed by atoms with van der Waals surface area (Å²) in [6, 6.07) is 13.4. The molecule has 0 amide bonds. The molecule has 0 aliphatic heterocycles. The number of hydrogen-bond donors (Lipinski definition) is 1. The molecule has 0 fully saturated rings. The highest BCUT2D eigenvalue weighted by atomic mass is 19.1. The van der Waals surface area contributed by atoms with Gasteiger partial charge >= 0.3 is 5.97 Å². The predicted molar refractivity (Wildman–Crippen MR) is 77.1 cm³/mol. The van der Waals surface area contributed by atoms with Crippen molar-refractivity contribution in [1.29, 1.82) is 0 Å². The van der Waals surface area contributed by atoms with Crippen molar-refractivity contribution in [2.24, 2.45) is 0 Å². The fraction of sp³-hybridized carbons (Fsp3) is 0.118. The van der Waals surface area contributed by atoms with Crippen molar-refractivity contribution >= 4 is 16.9 Å². The Bertz CT molecular complexity index is 820. The zero-order valence-corrected chi connectivity index (χ0v) is 11.3. The number of aromatic carboxylic acids is 1. The van der Waals surface area contributed by atoms with E-state index in [1.165, 1.54) is 12.1 Å². The summed E-state index contributed by atoms with van der Waals surface area (Å²) in [6.45, 7) is 1.89. The molecule has 0 radical (unpaired) electrons. The molecule has 1 atom stereocenters. The summed E-state index contributed by atoms with van der Waals surface area (Å²) < 4.78 is 19.2. The summed E-state index contributed by atoms with van der Waals surface area (Å²) in [5, 5.41) is 9.72. The number of halogens is 1. The highest BCUT2D eigenvalue weighted by molar-refractivity contribution is 5.93. The maximum Gasteiger partial charge on any atom is 0.371 e. The van der Waals surface area contributed by atoms with Crippen LogP contribution >= 0.6 is 0 Å². The van der Waals surface area contributed by atoms with Crippen LogP contribution in [-0.4, -0.2) is 11.1 Å².